The number of nitrogens with one attached hydrogen (secondary N) is 2. The van der Waals surface area contributed by atoms with Crippen molar-refractivity contribution < 1.29 is 61.9 Å². The Bertz CT molecular complexity index is 1860. The zero-order valence-electron chi connectivity index (χ0n) is 29.8. The van der Waals surface area contributed by atoms with Crippen LogP contribution in [0.2, 0.25) is 0 Å². The van der Waals surface area contributed by atoms with Crippen LogP contribution in [0.1, 0.15) is 49.8 Å². The fraction of sp³-hybridized carbons (Fsp3) is 0.368. The minimum atomic E-state index is -1.68. The molecular weight excluding hydrogens is 772 g/mol. The number of methoxy groups -OCH3 is 1. The van der Waals surface area contributed by atoms with Gasteiger partial charge in [-0.25, -0.2) is 9.59 Å². The predicted octanol–water partition coefficient (Wildman–Crippen LogP) is 4.52. The van der Waals surface area contributed by atoms with Gasteiger partial charge in [0.2, 0.25) is 18.3 Å². The predicted molar refractivity (Wildman–Crippen MR) is 193 cm³/mol. The summed E-state index contributed by atoms with van der Waals surface area (Å²) in [6.07, 6.45) is -8.86. The number of hydrogen-bond donors (Lipinski definition) is 2. The Morgan fingerprint density at radius 1 is 0.778 bits per heavy atom. The van der Waals surface area contributed by atoms with Crippen molar-refractivity contribution in [3.8, 4) is 16.9 Å². The lowest BCUT2D eigenvalue weighted by molar-refractivity contribution is -0.282. The van der Waals surface area contributed by atoms with Crippen LogP contribution in [0, 0.1) is 0 Å². The first-order valence-electron chi connectivity index (χ1n) is 16.9. The quantitative estimate of drug-likeness (QED) is 0.139. The highest BCUT2D eigenvalue weighted by atomic mass is 79.9. The lowest BCUT2D eigenvalue weighted by atomic mass is 9.97. The highest BCUT2D eigenvalue weighted by molar-refractivity contribution is 9.08. The van der Waals surface area contributed by atoms with Crippen LogP contribution < -0.4 is 15.4 Å². The molecule has 0 bridgehead atoms. The van der Waals surface area contributed by atoms with Gasteiger partial charge in [-0.15, -0.1) is 0 Å². The van der Waals surface area contributed by atoms with Crippen molar-refractivity contribution in [3.05, 3.63) is 83.4 Å². The molecule has 5 atom stereocenters. The Kier molecular flexibility index (Phi) is 13.3. The fourth-order valence-electron chi connectivity index (χ4n) is 6.30. The highest BCUT2D eigenvalue weighted by Gasteiger charge is 2.56. The summed E-state index contributed by atoms with van der Waals surface area (Å²) in [5, 5.41) is 5.75. The zero-order valence-corrected chi connectivity index (χ0v) is 31.4. The number of hydrogen-bond acceptors (Lipinski definition) is 13. The van der Waals surface area contributed by atoms with Crippen LogP contribution in [0.3, 0.4) is 0 Å². The summed E-state index contributed by atoms with van der Waals surface area (Å²) in [6, 6.07) is 20.7. The van der Waals surface area contributed by atoms with Crippen molar-refractivity contribution in [2.45, 2.75) is 69.1 Å². The molecule has 2 N–H and O–H groups in total. The molecule has 1 saturated heterocycles. The first kappa shape index (κ1) is 39.7. The van der Waals surface area contributed by atoms with Crippen LogP contribution in [-0.2, 0) is 57.7 Å². The number of carbonyl (C=O) groups excluding carboxylic acids is 6. The summed E-state index contributed by atoms with van der Waals surface area (Å²) in [6.45, 7) is 3.28. The Labute approximate surface area is 319 Å². The van der Waals surface area contributed by atoms with E-state index >= 15 is 0 Å². The molecule has 1 aliphatic heterocycles. The van der Waals surface area contributed by atoms with Gasteiger partial charge < -0.3 is 43.8 Å². The number of amides is 2. The molecule has 0 unspecified atom stereocenters. The van der Waals surface area contributed by atoms with Crippen LogP contribution in [0.5, 0.6) is 5.75 Å². The summed E-state index contributed by atoms with van der Waals surface area (Å²) in [7, 11) is 1.07. The third kappa shape index (κ3) is 9.54. The van der Waals surface area contributed by atoms with E-state index < -0.39 is 66.6 Å². The Morgan fingerprint density at radius 2 is 1.37 bits per heavy atom. The highest BCUT2D eigenvalue weighted by Crippen LogP contribution is 2.44. The second kappa shape index (κ2) is 18.0. The molecule has 0 aromatic heterocycles. The number of alkyl halides is 1. The van der Waals surface area contributed by atoms with Crippen molar-refractivity contribution in [2.75, 3.05) is 25.6 Å². The molecule has 1 fully saturated rings. The molecule has 2 aliphatic rings. The maximum atomic E-state index is 13.2. The molecule has 16 heteroatoms. The summed E-state index contributed by atoms with van der Waals surface area (Å²) in [4.78, 5) is 75.0. The van der Waals surface area contributed by atoms with Gasteiger partial charge in [0.15, 0.2) is 18.3 Å². The molecule has 0 radical (unpaired) electrons. The SMILES string of the molecule is COC(=O)[C@H]1O[C@@H](Oc2ccc(CBr)cc2NC(=O)CCNC(=O)OCC2c3ccccc3-c3ccccc32)[C@H](OC(C)=O)[C@@H](OC(C)=O)[C@@H]1OC(C)=O. The van der Waals surface area contributed by atoms with E-state index in [1.165, 1.54) is 6.07 Å². The van der Waals surface area contributed by atoms with E-state index in [0.29, 0.717) is 5.33 Å². The van der Waals surface area contributed by atoms with Crippen LogP contribution in [0.15, 0.2) is 66.7 Å². The van der Waals surface area contributed by atoms with Crippen LogP contribution >= 0.6 is 15.9 Å². The summed E-state index contributed by atoms with van der Waals surface area (Å²) < 4.78 is 38.5. The molecular formula is C38H39BrN2O13. The molecule has 3 aromatic carbocycles. The molecule has 0 saturated carbocycles. The second-order valence-electron chi connectivity index (χ2n) is 12.3. The van der Waals surface area contributed by atoms with E-state index in [1.807, 2.05) is 48.5 Å². The monoisotopic (exact) mass is 810 g/mol. The van der Waals surface area contributed by atoms with E-state index in [1.54, 1.807) is 12.1 Å². The molecule has 15 nitrogen and oxygen atoms in total. The number of alkyl carbamates (subject to hydrolysis) is 1. The molecule has 286 valence electrons. The minimum Gasteiger partial charge on any atom is -0.467 e. The molecule has 1 heterocycles. The lowest BCUT2D eigenvalue weighted by Gasteiger charge is -2.43. The largest absolute Gasteiger partial charge is 0.467 e. The minimum absolute atomic E-state index is 0.0100. The number of benzene rings is 3. The van der Waals surface area contributed by atoms with Crippen molar-refractivity contribution in [1.29, 1.82) is 0 Å². The van der Waals surface area contributed by atoms with Crippen molar-refractivity contribution >= 4 is 57.5 Å². The van der Waals surface area contributed by atoms with Gasteiger partial charge >= 0.3 is 30.0 Å². The first-order valence-corrected chi connectivity index (χ1v) is 18.0. The number of fused-ring (bicyclic) bond motifs is 3. The average molecular weight is 812 g/mol. The summed E-state index contributed by atoms with van der Waals surface area (Å²) in [5.41, 5.74) is 5.22. The smallest absolute Gasteiger partial charge is 0.407 e. The molecule has 2 amide bonds. The number of esters is 4. The van der Waals surface area contributed by atoms with E-state index in [-0.39, 0.29) is 36.9 Å². The number of rotatable bonds is 13. The van der Waals surface area contributed by atoms with E-state index in [9.17, 15) is 28.8 Å². The van der Waals surface area contributed by atoms with Gasteiger partial charge in [0.1, 0.15) is 12.4 Å². The number of carbonyl (C=O) groups is 6. The summed E-state index contributed by atoms with van der Waals surface area (Å²) in [5.74, 6) is -4.15. The molecule has 0 spiro atoms. The Balaban J connectivity index is 1.26. The van der Waals surface area contributed by atoms with E-state index in [2.05, 4.69) is 26.6 Å². The van der Waals surface area contributed by atoms with Gasteiger partial charge in [0.25, 0.3) is 0 Å². The lowest BCUT2D eigenvalue weighted by Crippen LogP contribution is -2.64. The molecule has 5 rings (SSSR count). The topological polar surface area (TPSA) is 191 Å². The number of ether oxygens (including phenoxy) is 7. The van der Waals surface area contributed by atoms with Gasteiger partial charge in [-0.05, 0) is 39.9 Å². The maximum absolute atomic E-state index is 13.2. The zero-order chi connectivity index (χ0) is 38.9. The number of halogens is 1. The number of anilines is 1. The fourth-order valence-corrected chi connectivity index (χ4v) is 6.65. The van der Waals surface area contributed by atoms with Crippen LogP contribution in [-0.4, -0.2) is 86.8 Å². The average Bonchev–Trinajstić information content (AvgIpc) is 3.46. The van der Waals surface area contributed by atoms with Crippen molar-refractivity contribution in [2.24, 2.45) is 0 Å². The summed E-state index contributed by atoms with van der Waals surface area (Å²) >= 11 is 3.38. The third-order valence-electron chi connectivity index (χ3n) is 8.52. The molecule has 1 aliphatic carbocycles. The second-order valence-corrected chi connectivity index (χ2v) is 12.9. The van der Waals surface area contributed by atoms with Crippen LogP contribution in [0.4, 0.5) is 10.5 Å². The normalized spacial score (nSPS) is 20.0. The molecule has 3 aromatic rings. The molecule has 54 heavy (non-hydrogen) atoms. The standard InChI is InChI=1S/C38H39BrN2O13/c1-20(42)50-32-33(51-21(2)43)35(52-22(3)44)37(54-34(32)36(46)48-4)53-30-14-13-23(18-39)17-29(30)41-31(45)15-16-40-38(47)49-19-28-26-11-7-5-9-24(26)25-10-6-8-12-27(25)28/h5-14,17,28,32-35,37H,15-16,18-19H2,1-4H3,(H,40,47)(H,41,45)/t32-,33-,34-,35+,37+/m0/s1. The van der Waals surface area contributed by atoms with Crippen LogP contribution in [0.25, 0.3) is 11.1 Å². The first-order chi connectivity index (χ1) is 25.9. The van der Waals surface area contributed by atoms with Gasteiger partial charge in [-0.3, -0.25) is 19.2 Å². The van der Waals surface area contributed by atoms with Gasteiger partial charge in [0, 0.05) is 45.0 Å². The van der Waals surface area contributed by atoms with E-state index in [0.717, 1.165) is 55.7 Å². The van der Waals surface area contributed by atoms with Crippen molar-refractivity contribution in [1.82, 2.24) is 5.32 Å². The van der Waals surface area contributed by atoms with Gasteiger partial charge in [-0.1, -0.05) is 70.5 Å². The Hall–Kier alpha value is -5.48. The van der Waals surface area contributed by atoms with Gasteiger partial charge in [0.05, 0.1) is 12.8 Å². The third-order valence-corrected chi connectivity index (χ3v) is 9.16. The maximum Gasteiger partial charge on any atom is 0.407 e. The van der Waals surface area contributed by atoms with E-state index in [4.69, 9.17) is 33.2 Å². The van der Waals surface area contributed by atoms with Crippen molar-refractivity contribution in [3.63, 3.8) is 0 Å². The Morgan fingerprint density at radius 3 is 1.96 bits per heavy atom. The van der Waals surface area contributed by atoms with Gasteiger partial charge in [-0.2, -0.15) is 0 Å².